The zero-order chi connectivity index (χ0) is 15.1. The summed E-state index contributed by atoms with van der Waals surface area (Å²) in [5, 5.41) is 0. The van der Waals surface area contributed by atoms with E-state index >= 15 is 0 Å². The summed E-state index contributed by atoms with van der Waals surface area (Å²) in [6.07, 6.45) is 0. The number of amides is 1. The largest absolute Gasteiger partial charge is 0.452 e. The fraction of sp³-hybridized carbons (Fsp3) is 0.333. The third kappa shape index (κ3) is 5.32. The molecule has 0 unspecified atom stereocenters. The molecule has 5 heteroatoms. The molecule has 1 rings (SSSR count). The zero-order valence-electron chi connectivity index (χ0n) is 11.7. The molecule has 0 aliphatic carbocycles. The molecule has 0 aliphatic rings. The number of hydrogen-bond donors (Lipinski definition) is 0. The smallest absolute Gasteiger partial charge is 0.338 e. The van der Waals surface area contributed by atoms with E-state index < -0.39 is 5.97 Å². The molecule has 0 atom stereocenters. The van der Waals surface area contributed by atoms with Gasteiger partial charge >= 0.3 is 5.97 Å². The highest BCUT2D eigenvalue weighted by molar-refractivity contribution is 14.1. The second kappa shape index (κ2) is 8.04. The topological polar surface area (TPSA) is 46.6 Å². The fourth-order valence-corrected chi connectivity index (χ4v) is 1.95. The molecule has 1 aromatic rings. The van der Waals surface area contributed by atoms with Gasteiger partial charge in [-0.05, 0) is 60.7 Å². The van der Waals surface area contributed by atoms with Gasteiger partial charge in [0.15, 0.2) is 6.61 Å². The number of carbonyl (C=O) groups is 2. The number of hydrogen-bond acceptors (Lipinski definition) is 3. The lowest BCUT2D eigenvalue weighted by atomic mass is 10.2. The number of ether oxygens (including phenoxy) is 1. The van der Waals surface area contributed by atoms with Crippen molar-refractivity contribution in [3.63, 3.8) is 0 Å². The van der Waals surface area contributed by atoms with E-state index in [-0.39, 0.29) is 12.5 Å². The Bertz CT molecular complexity index is 496. The molecule has 0 spiro atoms. The highest BCUT2D eigenvalue weighted by Crippen LogP contribution is 2.08. The Kier molecular flexibility index (Phi) is 6.70. The summed E-state index contributed by atoms with van der Waals surface area (Å²) in [5.74, 6) is -0.699. The molecule has 0 saturated heterocycles. The van der Waals surface area contributed by atoms with Crippen LogP contribution in [0.5, 0.6) is 0 Å². The van der Waals surface area contributed by atoms with Crippen molar-refractivity contribution in [2.75, 3.05) is 19.7 Å². The minimum absolute atomic E-state index is 0.214. The first-order valence-corrected chi connectivity index (χ1v) is 7.36. The zero-order valence-corrected chi connectivity index (χ0v) is 13.8. The fourth-order valence-electron chi connectivity index (χ4n) is 1.59. The lowest BCUT2D eigenvalue weighted by molar-refractivity contribution is -0.133. The average Bonchev–Trinajstić information content (AvgIpc) is 2.42. The van der Waals surface area contributed by atoms with Crippen LogP contribution in [0.4, 0.5) is 0 Å². The van der Waals surface area contributed by atoms with Gasteiger partial charge in [0.25, 0.3) is 5.91 Å². The van der Waals surface area contributed by atoms with Gasteiger partial charge < -0.3 is 9.64 Å². The number of likely N-dealkylation sites (N-methyl/N-ethyl adjacent to an activating group) is 1. The molecule has 1 aromatic carbocycles. The summed E-state index contributed by atoms with van der Waals surface area (Å²) in [6.45, 7) is 8.31. The molecule has 0 saturated carbocycles. The van der Waals surface area contributed by atoms with Crippen LogP contribution in [-0.2, 0) is 9.53 Å². The summed E-state index contributed by atoms with van der Waals surface area (Å²) in [7, 11) is 0. The summed E-state index contributed by atoms with van der Waals surface area (Å²) < 4.78 is 6.07. The number of halogens is 1. The minimum Gasteiger partial charge on any atom is -0.452 e. The van der Waals surface area contributed by atoms with Gasteiger partial charge in [-0.3, -0.25) is 4.79 Å². The van der Waals surface area contributed by atoms with Gasteiger partial charge in [0.2, 0.25) is 0 Å². The summed E-state index contributed by atoms with van der Waals surface area (Å²) in [6, 6.07) is 7.00. The molecule has 0 heterocycles. The molecular weight excluding hydrogens is 369 g/mol. The molecule has 20 heavy (non-hydrogen) atoms. The van der Waals surface area contributed by atoms with E-state index in [1.807, 2.05) is 26.0 Å². The maximum Gasteiger partial charge on any atom is 0.338 e. The molecule has 0 N–H and O–H groups in total. The Balaban J connectivity index is 2.53. The van der Waals surface area contributed by atoms with Crippen LogP contribution in [-0.4, -0.2) is 36.5 Å². The third-order valence-corrected chi connectivity index (χ3v) is 3.32. The monoisotopic (exact) mass is 387 g/mol. The molecule has 1 amide bonds. The molecule has 0 radical (unpaired) electrons. The number of rotatable bonds is 6. The van der Waals surface area contributed by atoms with Crippen molar-refractivity contribution in [2.24, 2.45) is 0 Å². The number of benzene rings is 1. The number of esters is 1. The SMILES string of the molecule is C=C(C)CN(CC)C(=O)COC(=O)c1ccc(I)cc1. The van der Waals surface area contributed by atoms with Crippen molar-refractivity contribution in [3.8, 4) is 0 Å². The van der Waals surface area contributed by atoms with Crippen molar-refractivity contribution in [1.29, 1.82) is 0 Å². The Morgan fingerprint density at radius 2 is 1.90 bits per heavy atom. The molecule has 4 nitrogen and oxygen atoms in total. The van der Waals surface area contributed by atoms with E-state index in [0.717, 1.165) is 9.14 Å². The van der Waals surface area contributed by atoms with Crippen LogP contribution in [0.15, 0.2) is 36.4 Å². The number of nitrogens with zero attached hydrogens (tertiary/aromatic N) is 1. The Morgan fingerprint density at radius 1 is 1.30 bits per heavy atom. The van der Waals surface area contributed by atoms with Crippen LogP contribution in [0.1, 0.15) is 24.2 Å². The van der Waals surface area contributed by atoms with Gasteiger partial charge in [0.1, 0.15) is 0 Å². The number of carbonyl (C=O) groups excluding carboxylic acids is 2. The normalized spacial score (nSPS) is 9.95. The van der Waals surface area contributed by atoms with Gasteiger partial charge in [-0.15, -0.1) is 0 Å². The van der Waals surface area contributed by atoms with E-state index in [9.17, 15) is 9.59 Å². The first-order valence-electron chi connectivity index (χ1n) is 6.29. The van der Waals surface area contributed by atoms with E-state index in [0.29, 0.717) is 18.7 Å². The molecule has 0 bridgehead atoms. The highest BCUT2D eigenvalue weighted by Gasteiger charge is 2.15. The van der Waals surface area contributed by atoms with Crippen molar-refractivity contribution < 1.29 is 14.3 Å². The Labute approximate surface area is 132 Å². The standard InChI is InChI=1S/C15H18INO3/c1-4-17(9-11(2)3)14(18)10-20-15(19)12-5-7-13(16)8-6-12/h5-8H,2,4,9-10H2,1,3H3. The van der Waals surface area contributed by atoms with Crippen molar-refractivity contribution in [3.05, 3.63) is 45.6 Å². The first-order chi connectivity index (χ1) is 9.43. The van der Waals surface area contributed by atoms with E-state index in [4.69, 9.17) is 4.74 Å². The molecule has 0 aromatic heterocycles. The van der Waals surface area contributed by atoms with Crippen molar-refractivity contribution >= 4 is 34.5 Å². The second-order valence-electron chi connectivity index (χ2n) is 4.45. The van der Waals surface area contributed by atoms with Crippen molar-refractivity contribution in [1.82, 2.24) is 4.90 Å². The Hall–Kier alpha value is -1.37. The van der Waals surface area contributed by atoms with Gasteiger partial charge in [-0.2, -0.15) is 0 Å². The van der Waals surface area contributed by atoms with E-state index in [2.05, 4.69) is 29.2 Å². The predicted molar refractivity (Wildman–Crippen MR) is 86.5 cm³/mol. The predicted octanol–water partition coefficient (Wildman–Crippen LogP) is 2.87. The highest BCUT2D eigenvalue weighted by atomic mass is 127. The van der Waals surface area contributed by atoms with E-state index in [1.54, 1.807) is 17.0 Å². The molecule has 108 valence electrons. The summed E-state index contributed by atoms with van der Waals surface area (Å²) >= 11 is 2.16. The van der Waals surface area contributed by atoms with Gasteiger partial charge in [-0.1, -0.05) is 12.2 Å². The average molecular weight is 387 g/mol. The maximum absolute atomic E-state index is 11.9. The quantitative estimate of drug-likeness (QED) is 0.429. The van der Waals surface area contributed by atoms with Gasteiger partial charge in [-0.25, -0.2) is 4.79 Å². The maximum atomic E-state index is 11.9. The molecular formula is C15H18INO3. The Morgan fingerprint density at radius 3 is 2.40 bits per heavy atom. The van der Waals surface area contributed by atoms with E-state index in [1.165, 1.54) is 0 Å². The van der Waals surface area contributed by atoms with Crippen LogP contribution < -0.4 is 0 Å². The summed E-state index contributed by atoms with van der Waals surface area (Å²) in [4.78, 5) is 25.3. The van der Waals surface area contributed by atoms with Crippen LogP contribution in [0, 0.1) is 3.57 Å². The molecule has 0 aliphatic heterocycles. The van der Waals surface area contributed by atoms with Crippen LogP contribution in [0.3, 0.4) is 0 Å². The van der Waals surface area contributed by atoms with Gasteiger partial charge in [0.05, 0.1) is 5.56 Å². The van der Waals surface area contributed by atoms with Crippen molar-refractivity contribution in [2.45, 2.75) is 13.8 Å². The lowest BCUT2D eigenvalue weighted by Gasteiger charge is -2.20. The molecule has 0 fully saturated rings. The van der Waals surface area contributed by atoms with Gasteiger partial charge in [0, 0.05) is 16.7 Å². The van der Waals surface area contributed by atoms with Crippen LogP contribution in [0.2, 0.25) is 0 Å². The summed E-state index contributed by atoms with van der Waals surface area (Å²) in [5.41, 5.74) is 1.34. The minimum atomic E-state index is -0.485. The lowest BCUT2D eigenvalue weighted by Crippen LogP contribution is -2.35. The second-order valence-corrected chi connectivity index (χ2v) is 5.69. The van der Waals surface area contributed by atoms with Crippen LogP contribution >= 0.6 is 22.6 Å². The van der Waals surface area contributed by atoms with Crippen LogP contribution in [0.25, 0.3) is 0 Å². The first kappa shape index (κ1) is 16.7. The third-order valence-electron chi connectivity index (χ3n) is 2.60.